The van der Waals surface area contributed by atoms with Crippen LogP contribution in [-0.2, 0) is 0 Å². The number of aryl methyl sites for hydroxylation is 2. The second-order valence-corrected chi connectivity index (χ2v) is 6.76. The molecule has 0 radical (unpaired) electrons. The van der Waals surface area contributed by atoms with Crippen molar-refractivity contribution in [2.75, 3.05) is 11.4 Å². The summed E-state index contributed by atoms with van der Waals surface area (Å²) >= 11 is 0. The first-order chi connectivity index (χ1) is 12.3. The van der Waals surface area contributed by atoms with Crippen LogP contribution in [0.5, 0.6) is 0 Å². The van der Waals surface area contributed by atoms with E-state index in [4.69, 9.17) is 5.26 Å². The molecule has 1 atom stereocenters. The van der Waals surface area contributed by atoms with Gasteiger partial charge in [0.25, 0.3) is 0 Å². The predicted molar refractivity (Wildman–Crippen MR) is 95.4 cm³/mol. The van der Waals surface area contributed by atoms with Gasteiger partial charge in [0.1, 0.15) is 11.7 Å². The highest BCUT2D eigenvalue weighted by molar-refractivity contribution is 6.28. The van der Waals surface area contributed by atoms with Crippen molar-refractivity contribution in [3.05, 3.63) is 58.4 Å². The van der Waals surface area contributed by atoms with Crippen molar-refractivity contribution in [3.63, 3.8) is 0 Å². The largest absolute Gasteiger partial charge is 0.374 e. The normalized spacial score (nSPS) is 21.1. The molecule has 5 nitrogen and oxygen atoms in total. The number of benzene rings is 2. The van der Waals surface area contributed by atoms with Gasteiger partial charge in [-0.3, -0.25) is 4.79 Å². The molecular formula is C20H16FN3O2. The van der Waals surface area contributed by atoms with E-state index in [2.05, 4.69) is 11.1 Å². The summed E-state index contributed by atoms with van der Waals surface area (Å²) in [5, 5.41) is 20.1. The van der Waals surface area contributed by atoms with Gasteiger partial charge in [-0.1, -0.05) is 0 Å². The van der Waals surface area contributed by atoms with Gasteiger partial charge in [0.05, 0.1) is 17.3 Å². The lowest BCUT2D eigenvalue weighted by Gasteiger charge is -2.30. The van der Waals surface area contributed by atoms with Crippen LogP contribution in [-0.4, -0.2) is 28.9 Å². The van der Waals surface area contributed by atoms with Gasteiger partial charge < -0.3 is 10.0 Å². The van der Waals surface area contributed by atoms with Gasteiger partial charge in [-0.05, 0) is 55.3 Å². The van der Waals surface area contributed by atoms with Crippen LogP contribution in [0.1, 0.15) is 33.5 Å². The third-order valence-corrected chi connectivity index (χ3v) is 5.09. The number of nitriles is 1. The second-order valence-electron chi connectivity index (χ2n) is 6.76. The van der Waals surface area contributed by atoms with Crippen LogP contribution in [0.2, 0.25) is 0 Å². The summed E-state index contributed by atoms with van der Waals surface area (Å²) in [6.45, 7) is 3.85. The maximum atomic E-state index is 13.9. The number of nitrogens with zero attached hydrogens (tertiary/aromatic N) is 3. The van der Waals surface area contributed by atoms with Crippen LogP contribution in [0.25, 0.3) is 0 Å². The summed E-state index contributed by atoms with van der Waals surface area (Å²) in [5.41, 5.74) is 1.25. The lowest BCUT2D eigenvalue weighted by molar-refractivity contribution is 0.0601. The first-order valence-electron chi connectivity index (χ1n) is 8.30. The number of carbonyl (C=O) groups excluding carboxylic acids is 1. The van der Waals surface area contributed by atoms with Crippen molar-refractivity contribution in [1.29, 1.82) is 5.26 Å². The van der Waals surface area contributed by atoms with E-state index in [9.17, 15) is 14.3 Å². The lowest BCUT2D eigenvalue weighted by atomic mass is 9.87. The molecular weight excluding hydrogens is 333 g/mol. The molecule has 1 fully saturated rings. The van der Waals surface area contributed by atoms with Crippen molar-refractivity contribution in [2.45, 2.75) is 25.9 Å². The number of fused-ring (bicyclic) bond motifs is 2. The molecule has 1 unspecified atom stereocenters. The highest BCUT2D eigenvalue weighted by Gasteiger charge is 2.52. The van der Waals surface area contributed by atoms with E-state index >= 15 is 0 Å². The van der Waals surface area contributed by atoms with E-state index in [-0.39, 0.29) is 17.8 Å². The zero-order valence-electron chi connectivity index (χ0n) is 14.4. The predicted octanol–water partition coefficient (Wildman–Crippen LogP) is 3.18. The van der Waals surface area contributed by atoms with Gasteiger partial charge in [0.15, 0.2) is 5.60 Å². The number of carbonyl (C=O) groups is 1. The van der Waals surface area contributed by atoms with Gasteiger partial charge >= 0.3 is 0 Å². The van der Waals surface area contributed by atoms with Crippen LogP contribution in [0.3, 0.4) is 0 Å². The van der Waals surface area contributed by atoms with Gasteiger partial charge in [-0.25, -0.2) is 9.38 Å². The van der Waals surface area contributed by atoms with E-state index in [0.717, 1.165) is 17.3 Å². The standard InChI is InChI=1S/C20H16FN3O2/c1-11-7-14(4-3-13(11)10-22)24-6-5-20(26)18(25)15-9-16(21)12(2)8-17(15)23-19(20)24/h3-4,7-9,26H,5-6H2,1-2H3. The molecule has 26 heavy (non-hydrogen) atoms. The summed E-state index contributed by atoms with van der Waals surface area (Å²) in [6, 6.07) is 10.1. The summed E-state index contributed by atoms with van der Waals surface area (Å²) in [5.74, 6) is -0.758. The Balaban J connectivity index is 1.86. The number of hydrogen-bond acceptors (Lipinski definition) is 5. The summed E-state index contributed by atoms with van der Waals surface area (Å²) in [6.07, 6.45) is 0.179. The molecule has 2 heterocycles. The molecule has 6 heteroatoms. The fourth-order valence-electron chi connectivity index (χ4n) is 3.55. The molecule has 2 aromatic rings. The molecule has 0 spiro atoms. The molecule has 2 aliphatic heterocycles. The van der Waals surface area contributed by atoms with Crippen molar-refractivity contribution >= 4 is 23.0 Å². The first kappa shape index (κ1) is 16.4. The van der Waals surface area contributed by atoms with Crippen molar-refractivity contribution < 1.29 is 14.3 Å². The van der Waals surface area contributed by atoms with Crippen molar-refractivity contribution in [2.24, 2.45) is 4.99 Å². The second kappa shape index (κ2) is 5.48. The maximum absolute atomic E-state index is 13.9. The Kier molecular flexibility index (Phi) is 3.46. The van der Waals surface area contributed by atoms with E-state index in [1.165, 1.54) is 6.07 Å². The van der Waals surface area contributed by atoms with Gasteiger partial charge in [-0.15, -0.1) is 0 Å². The molecule has 130 valence electrons. The minimum absolute atomic E-state index is 0.109. The first-order valence-corrected chi connectivity index (χ1v) is 8.30. The minimum Gasteiger partial charge on any atom is -0.374 e. The number of amidine groups is 1. The third-order valence-electron chi connectivity index (χ3n) is 5.09. The van der Waals surface area contributed by atoms with Crippen LogP contribution >= 0.6 is 0 Å². The summed E-state index contributed by atoms with van der Waals surface area (Å²) in [7, 11) is 0. The van der Waals surface area contributed by atoms with E-state index in [0.29, 0.717) is 23.4 Å². The number of anilines is 1. The van der Waals surface area contributed by atoms with Crippen molar-refractivity contribution in [3.8, 4) is 6.07 Å². The molecule has 1 saturated heterocycles. The number of Topliss-reactive ketones (excluding diaryl/α,β-unsaturated/α-hetero) is 1. The Bertz CT molecular complexity index is 1040. The van der Waals surface area contributed by atoms with E-state index in [1.54, 1.807) is 24.0 Å². The van der Waals surface area contributed by atoms with Gasteiger partial charge in [-0.2, -0.15) is 5.26 Å². The smallest absolute Gasteiger partial charge is 0.204 e. The minimum atomic E-state index is -1.75. The van der Waals surface area contributed by atoms with Crippen LogP contribution in [0.15, 0.2) is 35.3 Å². The SMILES string of the molecule is Cc1cc2c(cc1F)C(=O)C1(O)CCN(c3ccc(C#N)c(C)c3)C1=N2. The van der Waals surface area contributed by atoms with Crippen LogP contribution in [0, 0.1) is 31.0 Å². The van der Waals surface area contributed by atoms with Gasteiger partial charge in [0, 0.05) is 24.2 Å². The molecule has 0 bridgehead atoms. The van der Waals surface area contributed by atoms with Crippen LogP contribution < -0.4 is 4.90 Å². The lowest BCUT2D eigenvalue weighted by Crippen LogP contribution is -2.48. The zero-order chi connectivity index (χ0) is 18.6. The Morgan fingerprint density at radius 3 is 2.73 bits per heavy atom. The molecule has 0 saturated carbocycles. The highest BCUT2D eigenvalue weighted by Crippen LogP contribution is 2.40. The van der Waals surface area contributed by atoms with E-state index < -0.39 is 17.2 Å². The number of ketones is 1. The topological polar surface area (TPSA) is 76.7 Å². The van der Waals surface area contributed by atoms with E-state index in [1.807, 2.05) is 13.0 Å². The fraction of sp³-hybridized carbons (Fsp3) is 0.250. The maximum Gasteiger partial charge on any atom is 0.204 e. The third kappa shape index (κ3) is 2.18. The van der Waals surface area contributed by atoms with Crippen molar-refractivity contribution in [1.82, 2.24) is 0 Å². The Morgan fingerprint density at radius 2 is 2.04 bits per heavy atom. The number of rotatable bonds is 1. The van der Waals surface area contributed by atoms with Crippen LogP contribution in [0.4, 0.5) is 15.8 Å². The number of aliphatic imine (C=N–C) groups is 1. The Hall–Kier alpha value is -3.04. The quantitative estimate of drug-likeness (QED) is 0.858. The monoisotopic (exact) mass is 349 g/mol. The molecule has 2 aliphatic rings. The van der Waals surface area contributed by atoms with Gasteiger partial charge in [0.2, 0.25) is 5.78 Å². The average Bonchev–Trinajstić information content (AvgIpc) is 2.95. The molecule has 0 amide bonds. The zero-order valence-corrected chi connectivity index (χ0v) is 14.4. The fourth-order valence-corrected chi connectivity index (χ4v) is 3.55. The summed E-state index contributed by atoms with van der Waals surface area (Å²) in [4.78, 5) is 19.1. The highest BCUT2D eigenvalue weighted by atomic mass is 19.1. The molecule has 0 aliphatic carbocycles. The number of halogens is 1. The Morgan fingerprint density at radius 1 is 1.27 bits per heavy atom. The number of hydrogen-bond donors (Lipinski definition) is 1. The summed E-state index contributed by atoms with van der Waals surface area (Å²) < 4.78 is 13.9. The molecule has 2 aromatic carbocycles. The molecule has 4 rings (SSSR count). The Labute approximate surface area is 150 Å². The average molecular weight is 349 g/mol. The molecule has 0 aromatic heterocycles. The molecule has 1 N–H and O–H groups in total. The number of aliphatic hydroxyl groups is 1.